The average Bonchev–Trinajstić information content (AvgIpc) is 2.60. The zero-order valence-corrected chi connectivity index (χ0v) is 14.8. The predicted octanol–water partition coefficient (Wildman–Crippen LogP) is 4.17. The molecule has 0 aliphatic heterocycles. The zero-order chi connectivity index (χ0) is 18.5. The van der Waals surface area contributed by atoms with Gasteiger partial charge in [0.15, 0.2) is 6.20 Å². The van der Waals surface area contributed by atoms with Gasteiger partial charge in [0.1, 0.15) is 0 Å². The van der Waals surface area contributed by atoms with Gasteiger partial charge in [-0.2, -0.15) is 0 Å². The van der Waals surface area contributed by atoms with Gasteiger partial charge in [0.05, 0.1) is 5.56 Å². The van der Waals surface area contributed by atoms with Gasteiger partial charge in [-0.15, -0.1) is 0 Å². The second kappa shape index (κ2) is 12.1. The lowest BCUT2D eigenvalue weighted by molar-refractivity contribution is -0.389. The number of hydrogen-bond donors (Lipinski definition) is 1. The van der Waals surface area contributed by atoms with Crippen molar-refractivity contribution in [1.82, 2.24) is 10.3 Å². The molecule has 1 aromatic heterocycles. The van der Waals surface area contributed by atoms with Crippen molar-refractivity contribution in [2.75, 3.05) is 0 Å². The number of amides is 2. The maximum absolute atomic E-state index is 11.9. The summed E-state index contributed by atoms with van der Waals surface area (Å²) in [6.45, 7) is 2.20. The van der Waals surface area contributed by atoms with Crippen LogP contribution in [0.3, 0.4) is 0 Å². The molecule has 25 heavy (non-hydrogen) atoms. The Labute approximate surface area is 148 Å². The molecule has 1 N–H and O–H groups in total. The SMILES string of the molecule is CCCCCCCCCCCC(=O)NC(=O)c1ccc([N+](=O)[O-])nc1. The molecule has 0 saturated carbocycles. The molecule has 1 rings (SSSR count). The Balaban J connectivity index is 2.15. The number of nitrogens with one attached hydrogen (secondary N) is 1. The van der Waals surface area contributed by atoms with Gasteiger partial charge in [0, 0.05) is 12.5 Å². The molecule has 0 atom stereocenters. The first-order valence-corrected chi connectivity index (χ1v) is 8.99. The molecule has 0 aromatic carbocycles. The van der Waals surface area contributed by atoms with Crippen LogP contribution in [0.4, 0.5) is 5.82 Å². The molecule has 0 spiro atoms. The fraction of sp³-hybridized carbons (Fsp3) is 0.611. The number of rotatable bonds is 12. The highest BCUT2D eigenvalue weighted by Gasteiger charge is 2.14. The summed E-state index contributed by atoms with van der Waals surface area (Å²) in [6.07, 6.45) is 11.8. The molecular weight excluding hydrogens is 322 g/mol. The van der Waals surface area contributed by atoms with Crippen molar-refractivity contribution < 1.29 is 14.5 Å². The van der Waals surface area contributed by atoms with Crippen molar-refractivity contribution in [3.05, 3.63) is 34.0 Å². The Bertz CT molecular complexity index is 558. The van der Waals surface area contributed by atoms with Gasteiger partial charge in [-0.25, -0.2) is 0 Å². The monoisotopic (exact) mass is 349 g/mol. The van der Waals surface area contributed by atoms with Crippen molar-refractivity contribution in [2.45, 2.75) is 71.1 Å². The fourth-order valence-corrected chi connectivity index (χ4v) is 2.49. The molecule has 0 bridgehead atoms. The van der Waals surface area contributed by atoms with Crippen LogP contribution in [0, 0.1) is 10.1 Å². The van der Waals surface area contributed by atoms with Gasteiger partial charge in [-0.3, -0.25) is 14.9 Å². The third-order valence-corrected chi connectivity index (χ3v) is 3.96. The van der Waals surface area contributed by atoms with Crippen LogP contribution in [-0.2, 0) is 4.79 Å². The first kappa shape index (κ1) is 20.7. The van der Waals surface area contributed by atoms with Crippen LogP contribution >= 0.6 is 0 Å². The molecule has 1 heterocycles. The van der Waals surface area contributed by atoms with Crippen LogP contribution in [-0.4, -0.2) is 21.7 Å². The summed E-state index contributed by atoms with van der Waals surface area (Å²) in [5.74, 6) is -1.24. The van der Waals surface area contributed by atoms with Crippen LogP contribution in [0.15, 0.2) is 18.3 Å². The summed E-state index contributed by atoms with van der Waals surface area (Å²) in [5.41, 5.74) is 0.131. The predicted molar refractivity (Wildman–Crippen MR) is 95.2 cm³/mol. The number of carbonyl (C=O) groups is 2. The number of imide groups is 1. The Kier molecular flexibility index (Phi) is 10.0. The third kappa shape index (κ3) is 8.93. The number of nitro groups is 1. The minimum absolute atomic E-state index is 0.131. The molecule has 0 unspecified atom stereocenters. The topological polar surface area (TPSA) is 102 Å². The smallest absolute Gasteiger partial charge is 0.358 e. The van der Waals surface area contributed by atoms with Crippen LogP contribution < -0.4 is 5.32 Å². The highest BCUT2D eigenvalue weighted by Crippen LogP contribution is 2.11. The maximum Gasteiger partial charge on any atom is 0.363 e. The van der Waals surface area contributed by atoms with E-state index in [2.05, 4.69) is 17.2 Å². The van der Waals surface area contributed by atoms with Crippen LogP contribution in [0.25, 0.3) is 0 Å². The summed E-state index contributed by atoms with van der Waals surface area (Å²) < 4.78 is 0. The number of hydrogen-bond acceptors (Lipinski definition) is 5. The molecule has 2 amide bonds. The molecule has 0 fully saturated rings. The fourth-order valence-electron chi connectivity index (χ4n) is 2.49. The molecule has 0 aliphatic carbocycles. The standard InChI is InChI=1S/C18H27N3O4/c1-2-3-4-5-6-7-8-9-10-11-17(22)20-18(23)15-12-13-16(19-14-15)21(24)25/h12-14H,2-11H2,1H3,(H,20,22,23). The second-order valence-electron chi connectivity index (χ2n) is 6.12. The Morgan fingerprint density at radius 3 is 2.16 bits per heavy atom. The zero-order valence-electron chi connectivity index (χ0n) is 14.8. The number of aromatic nitrogens is 1. The average molecular weight is 349 g/mol. The minimum Gasteiger partial charge on any atom is -0.358 e. The normalized spacial score (nSPS) is 10.4. The van der Waals surface area contributed by atoms with Crippen molar-refractivity contribution in [3.8, 4) is 0 Å². The van der Waals surface area contributed by atoms with E-state index >= 15 is 0 Å². The quantitative estimate of drug-likeness (QED) is 0.347. The second-order valence-corrected chi connectivity index (χ2v) is 6.12. The molecule has 0 radical (unpaired) electrons. The first-order chi connectivity index (χ1) is 12.0. The van der Waals surface area contributed by atoms with Crippen LogP contribution in [0.5, 0.6) is 0 Å². The van der Waals surface area contributed by atoms with Crippen molar-refractivity contribution in [3.63, 3.8) is 0 Å². The van der Waals surface area contributed by atoms with Gasteiger partial charge in [-0.05, 0) is 22.4 Å². The van der Waals surface area contributed by atoms with Crippen molar-refractivity contribution >= 4 is 17.6 Å². The van der Waals surface area contributed by atoms with E-state index in [0.717, 1.165) is 31.5 Å². The van der Waals surface area contributed by atoms with E-state index in [1.54, 1.807) is 0 Å². The highest BCUT2D eigenvalue weighted by atomic mass is 16.6. The van der Waals surface area contributed by atoms with E-state index in [1.165, 1.54) is 44.6 Å². The van der Waals surface area contributed by atoms with Crippen LogP contribution in [0.2, 0.25) is 0 Å². The maximum atomic E-state index is 11.9. The summed E-state index contributed by atoms with van der Waals surface area (Å²) >= 11 is 0. The van der Waals surface area contributed by atoms with Gasteiger partial charge in [0.2, 0.25) is 5.91 Å². The minimum atomic E-state index is -0.642. The Morgan fingerprint density at radius 1 is 1.04 bits per heavy atom. The summed E-state index contributed by atoms with van der Waals surface area (Å²) in [7, 11) is 0. The Hall–Kier alpha value is -2.31. The van der Waals surface area contributed by atoms with E-state index in [-0.39, 0.29) is 17.3 Å². The first-order valence-electron chi connectivity index (χ1n) is 8.99. The van der Waals surface area contributed by atoms with E-state index in [9.17, 15) is 19.7 Å². The van der Waals surface area contributed by atoms with E-state index < -0.39 is 10.8 Å². The number of carbonyl (C=O) groups excluding carboxylic acids is 2. The highest BCUT2D eigenvalue weighted by molar-refractivity contribution is 6.04. The lowest BCUT2D eigenvalue weighted by atomic mass is 10.1. The summed E-state index contributed by atoms with van der Waals surface area (Å²) in [5, 5.41) is 12.8. The molecular formula is C18H27N3O4. The lowest BCUT2D eigenvalue weighted by Crippen LogP contribution is -2.30. The largest absolute Gasteiger partial charge is 0.363 e. The van der Waals surface area contributed by atoms with E-state index in [0.29, 0.717) is 6.42 Å². The van der Waals surface area contributed by atoms with Gasteiger partial charge in [0.25, 0.3) is 5.91 Å². The molecule has 0 saturated heterocycles. The number of nitrogens with zero attached hydrogens (tertiary/aromatic N) is 2. The summed E-state index contributed by atoms with van der Waals surface area (Å²) in [6, 6.07) is 2.42. The Morgan fingerprint density at radius 2 is 1.64 bits per heavy atom. The van der Waals surface area contributed by atoms with E-state index in [1.807, 2.05) is 0 Å². The molecule has 138 valence electrons. The molecule has 7 nitrogen and oxygen atoms in total. The van der Waals surface area contributed by atoms with Gasteiger partial charge < -0.3 is 10.1 Å². The number of pyridine rings is 1. The number of unbranched alkanes of at least 4 members (excludes halogenated alkanes) is 8. The van der Waals surface area contributed by atoms with E-state index in [4.69, 9.17) is 0 Å². The lowest BCUT2D eigenvalue weighted by Gasteiger charge is -2.04. The third-order valence-electron chi connectivity index (χ3n) is 3.96. The van der Waals surface area contributed by atoms with Gasteiger partial charge >= 0.3 is 5.82 Å². The molecule has 0 aliphatic rings. The van der Waals surface area contributed by atoms with Crippen molar-refractivity contribution in [1.29, 1.82) is 0 Å². The van der Waals surface area contributed by atoms with Crippen molar-refractivity contribution in [2.24, 2.45) is 0 Å². The van der Waals surface area contributed by atoms with Gasteiger partial charge in [-0.1, -0.05) is 58.3 Å². The van der Waals surface area contributed by atoms with Crippen LogP contribution in [0.1, 0.15) is 81.5 Å². The molecule has 1 aromatic rings. The molecule has 7 heteroatoms. The summed E-state index contributed by atoms with van der Waals surface area (Å²) in [4.78, 5) is 37.0.